The van der Waals surface area contributed by atoms with Gasteiger partial charge >= 0.3 is 0 Å². The van der Waals surface area contributed by atoms with Crippen molar-refractivity contribution >= 4 is 17.3 Å². The van der Waals surface area contributed by atoms with Gasteiger partial charge in [0.1, 0.15) is 0 Å². The van der Waals surface area contributed by atoms with Crippen LogP contribution < -0.4 is 5.32 Å². The molecule has 1 unspecified atom stereocenters. The van der Waals surface area contributed by atoms with Crippen LogP contribution in [0.5, 0.6) is 0 Å². The number of nitrogens with one attached hydrogen (secondary N) is 1. The zero-order valence-corrected chi connectivity index (χ0v) is 11.0. The molecule has 0 radical (unpaired) electrons. The average molecular weight is 235 g/mol. The number of benzene rings is 1. The normalized spacial score (nSPS) is 12.4. The first-order valence-corrected chi connectivity index (χ1v) is 7.12. The van der Waals surface area contributed by atoms with Gasteiger partial charge in [0.2, 0.25) is 0 Å². The Balaban J connectivity index is 2.40. The van der Waals surface area contributed by atoms with E-state index in [1.54, 1.807) is 0 Å². The SMILES string of the molecule is C=C(CNC(CC)CSC)c1ccccc1. The highest BCUT2D eigenvalue weighted by atomic mass is 32.2. The summed E-state index contributed by atoms with van der Waals surface area (Å²) in [5.41, 5.74) is 2.40. The Morgan fingerprint density at radius 2 is 2.06 bits per heavy atom. The standard InChI is InChI=1S/C14H21NS/c1-4-14(11-16-3)15-10-12(2)13-8-6-5-7-9-13/h5-9,14-15H,2,4,10-11H2,1,3H3. The summed E-state index contributed by atoms with van der Waals surface area (Å²) in [6.07, 6.45) is 3.32. The maximum absolute atomic E-state index is 4.12. The monoisotopic (exact) mass is 235 g/mol. The predicted octanol–water partition coefficient (Wildman–Crippen LogP) is 3.43. The molecule has 0 aliphatic heterocycles. The van der Waals surface area contributed by atoms with Gasteiger partial charge in [0, 0.05) is 18.3 Å². The summed E-state index contributed by atoms with van der Waals surface area (Å²) in [4.78, 5) is 0. The second-order valence-corrected chi connectivity index (χ2v) is 4.82. The second kappa shape index (κ2) is 7.53. The molecule has 0 saturated heterocycles. The lowest BCUT2D eigenvalue weighted by atomic mass is 10.1. The number of rotatable bonds is 7. The molecule has 88 valence electrons. The fourth-order valence-electron chi connectivity index (χ4n) is 1.57. The van der Waals surface area contributed by atoms with E-state index in [0.29, 0.717) is 6.04 Å². The summed E-state index contributed by atoms with van der Waals surface area (Å²) in [7, 11) is 0. The molecular formula is C14H21NS. The van der Waals surface area contributed by atoms with Gasteiger partial charge in [-0.05, 0) is 23.8 Å². The molecule has 0 amide bonds. The molecule has 0 aromatic heterocycles. The highest BCUT2D eigenvalue weighted by Gasteiger charge is 2.05. The van der Waals surface area contributed by atoms with Crippen molar-refractivity contribution in [1.29, 1.82) is 0 Å². The lowest BCUT2D eigenvalue weighted by Gasteiger charge is -2.16. The molecule has 1 aromatic rings. The quantitative estimate of drug-likeness (QED) is 0.777. The van der Waals surface area contributed by atoms with Crippen molar-refractivity contribution in [2.45, 2.75) is 19.4 Å². The minimum absolute atomic E-state index is 0.593. The van der Waals surface area contributed by atoms with E-state index in [1.165, 1.54) is 23.3 Å². The van der Waals surface area contributed by atoms with Crippen LogP contribution in [0.2, 0.25) is 0 Å². The number of hydrogen-bond acceptors (Lipinski definition) is 2. The van der Waals surface area contributed by atoms with Gasteiger partial charge in [-0.3, -0.25) is 0 Å². The summed E-state index contributed by atoms with van der Waals surface area (Å²) in [6.45, 7) is 7.22. The zero-order chi connectivity index (χ0) is 11.8. The third kappa shape index (κ3) is 4.42. The molecule has 0 bridgehead atoms. The largest absolute Gasteiger partial charge is 0.309 e. The number of hydrogen-bond donors (Lipinski definition) is 1. The molecule has 0 heterocycles. The molecule has 0 spiro atoms. The summed E-state index contributed by atoms with van der Waals surface area (Å²) < 4.78 is 0. The molecule has 1 N–H and O–H groups in total. The van der Waals surface area contributed by atoms with E-state index < -0.39 is 0 Å². The van der Waals surface area contributed by atoms with Crippen molar-refractivity contribution in [3.8, 4) is 0 Å². The molecule has 0 saturated carbocycles. The van der Waals surface area contributed by atoms with Gasteiger partial charge in [-0.2, -0.15) is 11.8 Å². The van der Waals surface area contributed by atoms with Crippen molar-refractivity contribution < 1.29 is 0 Å². The Bertz CT molecular complexity index is 308. The zero-order valence-electron chi connectivity index (χ0n) is 10.2. The number of thioether (sulfide) groups is 1. The smallest absolute Gasteiger partial charge is 0.0208 e. The molecule has 1 rings (SSSR count). The molecule has 16 heavy (non-hydrogen) atoms. The molecule has 2 heteroatoms. The van der Waals surface area contributed by atoms with Crippen molar-refractivity contribution in [3.05, 3.63) is 42.5 Å². The maximum Gasteiger partial charge on any atom is 0.0208 e. The lowest BCUT2D eigenvalue weighted by molar-refractivity contribution is 0.579. The van der Waals surface area contributed by atoms with Crippen LogP contribution in [-0.2, 0) is 0 Å². The molecule has 1 aromatic carbocycles. The topological polar surface area (TPSA) is 12.0 Å². The predicted molar refractivity (Wildman–Crippen MR) is 75.9 cm³/mol. The van der Waals surface area contributed by atoms with Crippen molar-refractivity contribution in [1.82, 2.24) is 5.32 Å². The van der Waals surface area contributed by atoms with E-state index in [0.717, 1.165) is 6.54 Å². The Hall–Kier alpha value is -0.730. The Morgan fingerprint density at radius 1 is 1.38 bits per heavy atom. The van der Waals surface area contributed by atoms with Crippen LogP contribution in [0.4, 0.5) is 0 Å². The van der Waals surface area contributed by atoms with E-state index in [1.807, 2.05) is 17.8 Å². The van der Waals surface area contributed by atoms with E-state index in [4.69, 9.17) is 0 Å². The maximum atomic E-state index is 4.12. The fourth-order valence-corrected chi connectivity index (χ4v) is 2.32. The first kappa shape index (κ1) is 13.3. The van der Waals surface area contributed by atoms with E-state index in [-0.39, 0.29) is 0 Å². The van der Waals surface area contributed by atoms with Gasteiger partial charge in [0.25, 0.3) is 0 Å². The average Bonchev–Trinajstić information content (AvgIpc) is 2.35. The van der Waals surface area contributed by atoms with Crippen molar-refractivity contribution in [2.75, 3.05) is 18.6 Å². The van der Waals surface area contributed by atoms with E-state index >= 15 is 0 Å². The van der Waals surface area contributed by atoms with Crippen LogP contribution in [0, 0.1) is 0 Å². The lowest BCUT2D eigenvalue weighted by Crippen LogP contribution is -2.31. The first-order chi connectivity index (χ1) is 7.77. The summed E-state index contributed by atoms with van der Waals surface area (Å²) in [6, 6.07) is 11.0. The highest BCUT2D eigenvalue weighted by molar-refractivity contribution is 7.98. The molecule has 0 fully saturated rings. The molecular weight excluding hydrogens is 214 g/mol. The van der Waals surface area contributed by atoms with Crippen molar-refractivity contribution in [2.24, 2.45) is 0 Å². The van der Waals surface area contributed by atoms with Crippen LogP contribution in [0.25, 0.3) is 5.57 Å². The Morgan fingerprint density at radius 3 is 2.62 bits per heavy atom. The van der Waals surface area contributed by atoms with E-state index in [2.05, 4.69) is 49.3 Å². The van der Waals surface area contributed by atoms with Gasteiger partial charge in [0.05, 0.1) is 0 Å². The van der Waals surface area contributed by atoms with Crippen LogP contribution >= 0.6 is 11.8 Å². The van der Waals surface area contributed by atoms with Crippen LogP contribution in [-0.4, -0.2) is 24.6 Å². The Kier molecular flexibility index (Phi) is 6.27. The molecule has 0 aliphatic carbocycles. The second-order valence-electron chi connectivity index (χ2n) is 3.91. The minimum atomic E-state index is 0.593. The summed E-state index contributed by atoms with van der Waals surface area (Å²) in [5.74, 6) is 1.17. The van der Waals surface area contributed by atoms with Crippen LogP contribution in [0.3, 0.4) is 0 Å². The van der Waals surface area contributed by atoms with E-state index in [9.17, 15) is 0 Å². The third-order valence-corrected chi connectivity index (χ3v) is 3.38. The van der Waals surface area contributed by atoms with Gasteiger partial charge in [-0.25, -0.2) is 0 Å². The summed E-state index contributed by atoms with van der Waals surface area (Å²) in [5, 5.41) is 3.55. The Labute approximate surface area is 103 Å². The summed E-state index contributed by atoms with van der Waals surface area (Å²) >= 11 is 1.89. The first-order valence-electron chi connectivity index (χ1n) is 5.73. The highest BCUT2D eigenvalue weighted by Crippen LogP contribution is 2.11. The van der Waals surface area contributed by atoms with Gasteiger partial charge in [0.15, 0.2) is 0 Å². The van der Waals surface area contributed by atoms with Gasteiger partial charge in [-0.15, -0.1) is 0 Å². The fraction of sp³-hybridized carbons (Fsp3) is 0.429. The third-order valence-electron chi connectivity index (χ3n) is 2.65. The van der Waals surface area contributed by atoms with Crippen molar-refractivity contribution in [3.63, 3.8) is 0 Å². The molecule has 1 nitrogen and oxygen atoms in total. The van der Waals surface area contributed by atoms with Crippen LogP contribution in [0.15, 0.2) is 36.9 Å². The van der Waals surface area contributed by atoms with Crippen LogP contribution in [0.1, 0.15) is 18.9 Å². The minimum Gasteiger partial charge on any atom is -0.309 e. The van der Waals surface area contributed by atoms with Gasteiger partial charge in [-0.1, -0.05) is 43.8 Å². The van der Waals surface area contributed by atoms with Gasteiger partial charge < -0.3 is 5.32 Å². The molecule has 1 atom stereocenters. The molecule has 0 aliphatic rings.